The molecule has 0 saturated heterocycles. The lowest BCUT2D eigenvalue weighted by molar-refractivity contribution is -0.384. The summed E-state index contributed by atoms with van der Waals surface area (Å²) in [4.78, 5) is 21.6. The summed E-state index contributed by atoms with van der Waals surface area (Å²) in [5.41, 5.74) is 0.526. The molecule has 0 aliphatic heterocycles. The third kappa shape index (κ3) is 3.35. The molecule has 7 nitrogen and oxygen atoms in total. The van der Waals surface area contributed by atoms with Crippen molar-refractivity contribution in [3.63, 3.8) is 0 Å². The Morgan fingerprint density at radius 3 is 2.48 bits per heavy atom. The van der Waals surface area contributed by atoms with Gasteiger partial charge in [0, 0.05) is 17.8 Å². The zero-order valence-corrected chi connectivity index (χ0v) is 13.2. The van der Waals surface area contributed by atoms with E-state index >= 15 is 0 Å². The number of nitro groups is 1. The number of carbonyl (C=O) groups is 1. The molecule has 0 aromatic heterocycles. The molecular weight excluding hydrogens is 324 g/mol. The zero-order chi connectivity index (χ0) is 18.0. The number of carboxylic acids is 1. The number of non-ortho nitro benzene ring substituents is 1. The van der Waals surface area contributed by atoms with Crippen LogP contribution in [0, 0.1) is 10.1 Å². The van der Waals surface area contributed by atoms with Gasteiger partial charge in [-0.15, -0.1) is 0 Å². The van der Waals surface area contributed by atoms with Gasteiger partial charge in [-0.05, 0) is 41.1 Å². The Morgan fingerprint density at radius 2 is 1.80 bits per heavy atom. The van der Waals surface area contributed by atoms with Crippen LogP contribution in [0.4, 0.5) is 17.1 Å². The van der Waals surface area contributed by atoms with E-state index in [9.17, 15) is 20.0 Å². The average molecular weight is 338 g/mol. The lowest BCUT2D eigenvalue weighted by atomic mass is 10.1. The van der Waals surface area contributed by atoms with Crippen molar-refractivity contribution >= 4 is 33.8 Å². The van der Waals surface area contributed by atoms with Crippen molar-refractivity contribution in [2.24, 2.45) is 0 Å². The number of fused-ring (bicyclic) bond motifs is 1. The van der Waals surface area contributed by atoms with Crippen LogP contribution in [0.1, 0.15) is 10.4 Å². The fourth-order valence-corrected chi connectivity index (χ4v) is 2.52. The number of methoxy groups -OCH3 is 1. The van der Waals surface area contributed by atoms with Gasteiger partial charge in [-0.3, -0.25) is 10.1 Å². The van der Waals surface area contributed by atoms with Crippen molar-refractivity contribution in [3.8, 4) is 5.75 Å². The van der Waals surface area contributed by atoms with Crippen LogP contribution >= 0.6 is 0 Å². The molecule has 3 aromatic rings. The van der Waals surface area contributed by atoms with Crippen LogP contribution in [0.3, 0.4) is 0 Å². The molecule has 0 fully saturated rings. The summed E-state index contributed by atoms with van der Waals surface area (Å²) in [6, 6.07) is 14.9. The van der Waals surface area contributed by atoms with Crippen molar-refractivity contribution < 1.29 is 19.6 Å². The van der Waals surface area contributed by atoms with Gasteiger partial charge in [0.25, 0.3) is 5.69 Å². The van der Waals surface area contributed by atoms with Gasteiger partial charge in [-0.2, -0.15) is 0 Å². The van der Waals surface area contributed by atoms with Gasteiger partial charge in [-0.25, -0.2) is 4.79 Å². The number of nitro benzene ring substituents is 1. The molecule has 0 unspecified atom stereocenters. The number of aromatic carboxylic acids is 1. The Morgan fingerprint density at radius 1 is 1.08 bits per heavy atom. The van der Waals surface area contributed by atoms with E-state index in [2.05, 4.69) is 5.32 Å². The van der Waals surface area contributed by atoms with E-state index < -0.39 is 10.9 Å². The van der Waals surface area contributed by atoms with Crippen LogP contribution in [-0.2, 0) is 0 Å². The maximum atomic E-state index is 11.4. The molecule has 0 aliphatic carbocycles. The molecule has 3 aromatic carbocycles. The molecule has 2 N–H and O–H groups in total. The van der Waals surface area contributed by atoms with Crippen LogP contribution < -0.4 is 10.1 Å². The first-order valence-corrected chi connectivity index (χ1v) is 7.34. The minimum Gasteiger partial charge on any atom is -0.497 e. The minimum absolute atomic E-state index is 0.163. The predicted octanol–water partition coefficient (Wildman–Crippen LogP) is 4.20. The highest BCUT2D eigenvalue weighted by atomic mass is 16.6. The normalized spacial score (nSPS) is 10.4. The molecule has 0 radical (unpaired) electrons. The van der Waals surface area contributed by atoms with E-state index in [1.54, 1.807) is 13.2 Å². The number of benzene rings is 3. The molecule has 7 heteroatoms. The number of carboxylic acid groups (broad SMARTS) is 1. The van der Waals surface area contributed by atoms with Gasteiger partial charge in [-0.1, -0.05) is 12.1 Å². The van der Waals surface area contributed by atoms with Gasteiger partial charge < -0.3 is 15.2 Å². The lowest BCUT2D eigenvalue weighted by Crippen LogP contribution is -2.04. The summed E-state index contributed by atoms with van der Waals surface area (Å²) in [6.07, 6.45) is 0. The largest absolute Gasteiger partial charge is 0.497 e. The van der Waals surface area contributed by atoms with E-state index in [1.165, 1.54) is 12.1 Å². The molecule has 0 atom stereocenters. The second kappa shape index (κ2) is 6.48. The van der Waals surface area contributed by atoms with Crippen molar-refractivity contribution in [3.05, 3.63) is 70.3 Å². The fraction of sp³-hybridized carbons (Fsp3) is 0.0556. The molecule has 3 rings (SSSR count). The molecule has 0 bridgehead atoms. The molecule has 0 aliphatic rings. The number of hydrogen-bond donors (Lipinski definition) is 2. The summed E-state index contributed by atoms with van der Waals surface area (Å²) < 4.78 is 5.18. The number of rotatable bonds is 5. The molecule has 0 saturated carbocycles. The van der Waals surface area contributed by atoms with E-state index in [0.717, 1.165) is 22.6 Å². The Balaban J connectivity index is 1.97. The summed E-state index contributed by atoms with van der Waals surface area (Å²) >= 11 is 0. The monoisotopic (exact) mass is 338 g/mol. The van der Waals surface area contributed by atoms with Crippen molar-refractivity contribution in [2.75, 3.05) is 12.4 Å². The predicted molar refractivity (Wildman–Crippen MR) is 93.8 cm³/mol. The quantitative estimate of drug-likeness (QED) is 0.534. The van der Waals surface area contributed by atoms with E-state index in [-0.39, 0.29) is 16.9 Å². The average Bonchev–Trinajstić information content (AvgIpc) is 2.61. The van der Waals surface area contributed by atoms with Crippen molar-refractivity contribution in [2.45, 2.75) is 0 Å². The second-order valence-corrected chi connectivity index (χ2v) is 5.35. The molecule has 0 spiro atoms. The van der Waals surface area contributed by atoms with Gasteiger partial charge >= 0.3 is 5.97 Å². The maximum absolute atomic E-state index is 11.4. The number of nitrogens with one attached hydrogen (secondary N) is 1. The molecular formula is C18H14N2O5. The Bertz CT molecular complexity index is 984. The highest BCUT2D eigenvalue weighted by Gasteiger charge is 2.16. The van der Waals surface area contributed by atoms with E-state index in [1.807, 2.05) is 30.3 Å². The molecule has 0 heterocycles. The summed E-state index contributed by atoms with van der Waals surface area (Å²) in [5, 5.41) is 25.1. The van der Waals surface area contributed by atoms with Crippen molar-refractivity contribution in [1.29, 1.82) is 0 Å². The summed E-state index contributed by atoms with van der Waals surface area (Å²) in [6.45, 7) is 0. The first kappa shape index (κ1) is 16.3. The van der Waals surface area contributed by atoms with Crippen LogP contribution in [0.25, 0.3) is 10.8 Å². The Kier molecular flexibility index (Phi) is 4.21. The van der Waals surface area contributed by atoms with Crippen LogP contribution in [0.2, 0.25) is 0 Å². The topological polar surface area (TPSA) is 102 Å². The van der Waals surface area contributed by atoms with Crippen LogP contribution in [0.15, 0.2) is 54.6 Å². The number of anilines is 2. The minimum atomic E-state index is -1.24. The highest BCUT2D eigenvalue weighted by Crippen LogP contribution is 2.28. The molecule has 0 amide bonds. The third-order valence-electron chi connectivity index (χ3n) is 3.77. The van der Waals surface area contributed by atoms with Crippen molar-refractivity contribution in [1.82, 2.24) is 0 Å². The molecule has 126 valence electrons. The van der Waals surface area contributed by atoms with E-state index in [0.29, 0.717) is 5.69 Å². The van der Waals surface area contributed by atoms with Gasteiger partial charge in [0.05, 0.1) is 23.3 Å². The Hall–Kier alpha value is -3.61. The summed E-state index contributed by atoms with van der Waals surface area (Å²) in [7, 11) is 1.60. The number of ether oxygens (including phenoxy) is 1. The highest BCUT2D eigenvalue weighted by molar-refractivity contribution is 5.96. The van der Waals surface area contributed by atoms with Gasteiger partial charge in [0.1, 0.15) is 5.75 Å². The third-order valence-corrected chi connectivity index (χ3v) is 3.77. The number of nitrogens with zero attached hydrogens (tertiary/aromatic N) is 1. The maximum Gasteiger partial charge on any atom is 0.338 e. The molecule has 25 heavy (non-hydrogen) atoms. The first-order valence-electron chi connectivity index (χ1n) is 7.34. The number of hydrogen-bond acceptors (Lipinski definition) is 5. The zero-order valence-electron chi connectivity index (χ0n) is 13.2. The fourth-order valence-electron chi connectivity index (χ4n) is 2.52. The Labute approximate surface area is 142 Å². The van der Waals surface area contributed by atoms with Crippen LogP contribution in [0.5, 0.6) is 5.75 Å². The SMILES string of the molecule is COc1ccc2cc(Nc3ccc([N+](=O)[O-])cc3C(=O)O)ccc2c1. The van der Waals surface area contributed by atoms with E-state index in [4.69, 9.17) is 4.74 Å². The van der Waals surface area contributed by atoms with Gasteiger partial charge in [0.2, 0.25) is 0 Å². The standard InChI is InChI=1S/C18H14N2O5/c1-25-15-6-3-11-8-13(4-2-12(11)9-15)19-17-7-5-14(20(23)24)10-16(17)18(21)22/h2-10,19H,1H3,(H,21,22). The van der Waals surface area contributed by atoms with Gasteiger partial charge in [0.15, 0.2) is 0 Å². The lowest BCUT2D eigenvalue weighted by Gasteiger charge is -2.11. The second-order valence-electron chi connectivity index (χ2n) is 5.35. The van der Waals surface area contributed by atoms with Crippen LogP contribution in [-0.4, -0.2) is 23.1 Å². The summed E-state index contributed by atoms with van der Waals surface area (Å²) in [5.74, 6) is -0.492. The smallest absolute Gasteiger partial charge is 0.338 e. The first-order chi connectivity index (χ1) is 12.0.